The predicted molar refractivity (Wildman–Crippen MR) is 114 cm³/mol. The highest BCUT2D eigenvalue weighted by atomic mass is 32.1. The highest BCUT2D eigenvalue weighted by Crippen LogP contribution is 2.29. The van der Waals surface area contributed by atoms with E-state index < -0.39 is 5.91 Å². The van der Waals surface area contributed by atoms with Crippen molar-refractivity contribution in [1.29, 1.82) is 0 Å². The molecular weight excluding hydrogens is 420 g/mol. The predicted octanol–water partition coefficient (Wildman–Crippen LogP) is 2.51. The fourth-order valence-electron chi connectivity index (χ4n) is 2.78. The van der Waals surface area contributed by atoms with Gasteiger partial charge in [-0.1, -0.05) is 23.4 Å². The topological polar surface area (TPSA) is 146 Å². The summed E-state index contributed by atoms with van der Waals surface area (Å²) in [5.74, 6) is 0.354. The third-order valence-electron chi connectivity index (χ3n) is 4.22. The monoisotopic (exact) mass is 438 g/mol. The van der Waals surface area contributed by atoms with Gasteiger partial charge in [0.15, 0.2) is 5.69 Å². The summed E-state index contributed by atoms with van der Waals surface area (Å²) in [5.41, 5.74) is 10.2. The average molecular weight is 438 g/mol. The van der Waals surface area contributed by atoms with Crippen LogP contribution in [0.2, 0.25) is 0 Å². The van der Waals surface area contributed by atoms with Crippen LogP contribution >= 0.6 is 11.3 Å². The van der Waals surface area contributed by atoms with Crippen LogP contribution in [-0.2, 0) is 0 Å². The van der Waals surface area contributed by atoms with Gasteiger partial charge in [-0.2, -0.15) is 9.78 Å². The van der Waals surface area contributed by atoms with Crippen LogP contribution in [-0.4, -0.2) is 43.5 Å². The molecule has 12 heteroatoms. The van der Waals surface area contributed by atoms with Gasteiger partial charge in [-0.05, 0) is 47.7 Å². The van der Waals surface area contributed by atoms with Crippen LogP contribution in [0.5, 0.6) is 5.75 Å². The summed E-state index contributed by atoms with van der Waals surface area (Å²) in [4.78, 5) is 13.6. The molecule has 158 valence electrons. The molecule has 0 aliphatic carbocycles. The first-order valence-corrected chi connectivity index (χ1v) is 10.1. The van der Waals surface area contributed by atoms with E-state index in [2.05, 4.69) is 35.8 Å². The Morgan fingerprint density at radius 3 is 2.90 bits per heavy atom. The molecule has 0 fully saturated rings. The molecule has 1 aromatic carbocycles. The van der Waals surface area contributed by atoms with Crippen molar-refractivity contribution in [2.75, 3.05) is 12.3 Å². The minimum atomic E-state index is -0.537. The second kappa shape index (κ2) is 8.75. The summed E-state index contributed by atoms with van der Waals surface area (Å²) in [7, 11) is 0. The lowest BCUT2D eigenvalue weighted by atomic mass is 10.1. The summed E-state index contributed by atoms with van der Waals surface area (Å²) in [6.45, 7) is 4.25. The maximum atomic E-state index is 12.9. The zero-order chi connectivity index (χ0) is 21.8. The molecule has 11 nitrogen and oxygen atoms in total. The summed E-state index contributed by atoms with van der Waals surface area (Å²) >= 11 is 1.41. The van der Waals surface area contributed by atoms with E-state index in [4.69, 9.17) is 10.5 Å². The van der Waals surface area contributed by atoms with Crippen LogP contribution in [0.15, 0.2) is 51.5 Å². The van der Waals surface area contributed by atoms with Gasteiger partial charge in [0, 0.05) is 5.56 Å². The van der Waals surface area contributed by atoms with E-state index in [0.717, 1.165) is 16.2 Å². The van der Waals surface area contributed by atoms with Crippen LogP contribution in [0.4, 0.5) is 5.82 Å². The fraction of sp³-hybridized carbons (Fsp3) is 0.158. The van der Waals surface area contributed by atoms with Gasteiger partial charge in [-0.3, -0.25) is 4.79 Å². The van der Waals surface area contributed by atoms with Crippen molar-refractivity contribution >= 4 is 28.8 Å². The standard InChI is InChI=1S/C19H18N8O3S/c1-3-29-13-7-4-6-12(10-13)11(2)21-23-19(28)15-16(14-8-5-9-31-14)27(26-22-15)18-17(20)24-30-25-18/h4-10H,3H2,1-2H3,(H2,20,24)(H,23,28). The normalized spacial score (nSPS) is 11.5. The number of amides is 1. The summed E-state index contributed by atoms with van der Waals surface area (Å²) < 4.78 is 11.5. The number of nitrogens with one attached hydrogen (secondary N) is 1. The number of rotatable bonds is 7. The van der Waals surface area contributed by atoms with Gasteiger partial charge in [-0.25, -0.2) is 10.1 Å². The van der Waals surface area contributed by atoms with Gasteiger partial charge in [0.05, 0.1) is 17.2 Å². The van der Waals surface area contributed by atoms with Gasteiger partial charge in [0.2, 0.25) is 11.6 Å². The van der Waals surface area contributed by atoms with Gasteiger partial charge in [0.1, 0.15) is 11.4 Å². The number of aromatic nitrogens is 5. The van der Waals surface area contributed by atoms with Gasteiger partial charge in [-0.15, -0.1) is 16.4 Å². The number of carbonyl (C=O) groups excluding carboxylic acids is 1. The Labute approximate surface area is 180 Å². The Bertz CT molecular complexity index is 1230. The molecule has 3 N–H and O–H groups in total. The molecule has 0 saturated carbocycles. The molecule has 31 heavy (non-hydrogen) atoms. The Hall–Kier alpha value is -4.06. The maximum absolute atomic E-state index is 12.9. The van der Waals surface area contributed by atoms with E-state index in [9.17, 15) is 4.79 Å². The first-order chi connectivity index (χ1) is 15.1. The smallest absolute Gasteiger partial charge is 0.294 e. The van der Waals surface area contributed by atoms with Crippen molar-refractivity contribution in [3.8, 4) is 22.1 Å². The van der Waals surface area contributed by atoms with Crippen LogP contribution in [0, 0.1) is 0 Å². The summed E-state index contributed by atoms with van der Waals surface area (Å²) in [5, 5.41) is 21.4. The zero-order valence-electron chi connectivity index (χ0n) is 16.6. The molecule has 0 unspecified atom stereocenters. The van der Waals surface area contributed by atoms with Gasteiger partial charge in [0.25, 0.3) is 5.91 Å². The van der Waals surface area contributed by atoms with E-state index in [1.54, 1.807) is 6.92 Å². The Morgan fingerprint density at radius 1 is 1.32 bits per heavy atom. The molecule has 0 bridgehead atoms. The van der Waals surface area contributed by atoms with Crippen LogP contribution < -0.4 is 15.9 Å². The first kappa shape index (κ1) is 20.2. The third kappa shape index (κ3) is 4.14. The molecule has 0 atom stereocenters. The van der Waals surface area contributed by atoms with Gasteiger partial charge < -0.3 is 10.5 Å². The molecule has 0 aliphatic heterocycles. The summed E-state index contributed by atoms with van der Waals surface area (Å²) in [6, 6.07) is 11.1. The van der Waals surface area contributed by atoms with Crippen molar-refractivity contribution in [3.63, 3.8) is 0 Å². The van der Waals surface area contributed by atoms with Crippen molar-refractivity contribution in [2.24, 2.45) is 5.10 Å². The van der Waals surface area contributed by atoms with E-state index >= 15 is 0 Å². The number of carbonyl (C=O) groups is 1. The Kier molecular flexibility index (Phi) is 5.71. The van der Waals surface area contributed by atoms with Crippen molar-refractivity contribution in [3.05, 3.63) is 53.0 Å². The van der Waals surface area contributed by atoms with E-state index in [0.29, 0.717) is 18.0 Å². The van der Waals surface area contributed by atoms with Crippen LogP contribution in [0.1, 0.15) is 29.9 Å². The molecule has 1 amide bonds. The largest absolute Gasteiger partial charge is 0.494 e. The van der Waals surface area contributed by atoms with Crippen molar-refractivity contribution < 1.29 is 14.2 Å². The number of hydrogen-bond donors (Lipinski definition) is 2. The highest BCUT2D eigenvalue weighted by molar-refractivity contribution is 7.13. The molecule has 0 saturated heterocycles. The van der Waals surface area contributed by atoms with E-state index in [-0.39, 0.29) is 17.3 Å². The summed E-state index contributed by atoms with van der Waals surface area (Å²) in [6.07, 6.45) is 0. The number of nitrogens with zero attached hydrogens (tertiary/aromatic N) is 6. The van der Waals surface area contributed by atoms with Gasteiger partial charge >= 0.3 is 0 Å². The highest BCUT2D eigenvalue weighted by Gasteiger charge is 2.25. The Balaban J connectivity index is 1.63. The molecule has 0 spiro atoms. The zero-order valence-corrected chi connectivity index (χ0v) is 17.5. The quantitative estimate of drug-likeness (QED) is 0.330. The molecule has 0 aliphatic rings. The minimum Gasteiger partial charge on any atom is -0.494 e. The van der Waals surface area contributed by atoms with Crippen molar-refractivity contribution in [1.82, 2.24) is 30.7 Å². The number of hydrazone groups is 1. The lowest BCUT2D eigenvalue weighted by Crippen LogP contribution is -2.20. The molecule has 0 radical (unpaired) electrons. The lowest BCUT2D eigenvalue weighted by Gasteiger charge is -2.06. The second-order valence-corrected chi connectivity index (χ2v) is 7.20. The molecule has 3 heterocycles. The Morgan fingerprint density at radius 2 is 2.19 bits per heavy atom. The number of hydrogen-bond acceptors (Lipinski definition) is 10. The number of ether oxygens (including phenoxy) is 1. The van der Waals surface area contributed by atoms with Crippen LogP contribution in [0.3, 0.4) is 0 Å². The van der Waals surface area contributed by atoms with Crippen LogP contribution in [0.25, 0.3) is 16.4 Å². The number of thiophene rings is 1. The fourth-order valence-corrected chi connectivity index (χ4v) is 3.54. The average Bonchev–Trinajstić information content (AvgIpc) is 3.52. The number of nitrogen functional groups attached to an aromatic ring is 1. The third-order valence-corrected chi connectivity index (χ3v) is 5.10. The second-order valence-electron chi connectivity index (χ2n) is 6.25. The van der Waals surface area contributed by atoms with E-state index in [1.807, 2.05) is 48.7 Å². The maximum Gasteiger partial charge on any atom is 0.294 e. The lowest BCUT2D eigenvalue weighted by molar-refractivity contribution is 0.0950. The molecule has 4 rings (SSSR count). The minimum absolute atomic E-state index is 0.0257. The number of nitrogens with two attached hydrogens (primary N) is 1. The first-order valence-electron chi connectivity index (χ1n) is 9.24. The molecular formula is C19H18N8O3S. The van der Waals surface area contributed by atoms with E-state index in [1.165, 1.54) is 16.0 Å². The number of benzene rings is 1. The number of anilines is 1. The van der Waals surface area contributed by atoms with Crippen molar-refractivity contribution in [2.45, 2.75) is 13.8 Å². The SMILES string of the molecule is CCOc1cccc(C(C)=NNC(=O)c2nnn(-c3nonc3N)c2-c2cccs2)c1. The molecule has 4 aromatic rings. The molecule has 3 aromatic heterocycles.